The van der Waals surface area contributed by atoms with E-state index >= 15 is 0 Å². The van der Waals surface area contributed by atoms with Crippen molar-refractivity contribution in [1.82, 2.24) is 19.9 Å². The number of carbonyl (C=O) groups is 2. The van der Waals surface area contributed by atoms with Crippen LogP contribution >= 0.6 is 0 Å². The van der Waals surface area contributed by atoms with Gasteiger partial charge in [0.05, 0.1) is 18.2 Å². The molecule has 0 fully saturated rings. The van der Waals surface area contributed by atoms with E-state index < -0.39 is 17.5 Å². The Morgan fingerprint density at radius 3 is 2.71 bits per heavy atom. The molecule has 1 aliphatic heterocycles. The van der Waals surface area contributed by atoms with E-state index in [9.17, 15) is 14.7 Å². The molecule has 0 saturated heterocycles. The van der Waals surface area contributed by atoms with E-state index in [0.717, 1.165) is 5.56 Å². The summed E-state index contributed by atoms with van der Waals surface area (Å²) in [6, 6.07) is 16.1. The lowest BCUT2D eigenvalue weighted by atomic mass is 9.77. The highest BCUT2D eigenvalue weighted by atomic mass is 16.3. The van der Waals surface area contributed by atoms with Crippen LogP contribution in [0.2, 0.25) is 0 Å². The lowest BCUT2D eigenvalue weighted by Gasteiger charge is -2.49. The number of rotatable bonds is 5. The molecule has 2 aromatic heterocycles. The van der Waals surface area contributed by atoms with E-state index in [2.05, 4.69) is 15.4 Å². The van der Waals surface area contributed by atoms with Crippen LogP contribution in [0.5, 0.6) is 0 Å². The van der Waals surface area contributed by atoms with Gasteiger partial charge in [-0.15, -0.1) is 5.10 Å². The Morgan fingerprint density at radius 1 is 1.20 bits per heavy atom. The van der Waals surface area contributed by atoms with Crippen LogP contribution in [-0.2, 0) is 13.0 Å². The van der Waals surface area contributed by atoms with Crippen LogP contribution in [-0.4, -0.2) is 43.1 Å². The maximum Gasteiger partial charge on any atom is 0.259 e. The van der Waals surface area contributed by atoms with E-state index in [1.165, 1.54) is 4.52 Å². The van der Waals surface area contributed by atoms with E-state index in [-0.39, 0.29) is 23.9 Å². The van der Waals surface area contributed by atoms with Crippen LogP contribution in [0.1, 0.15) is 45.7 Å². The number of aliphatic hydroxyl groups excluding tert-OH is 1. The highest BCUT2D eigenvalue weighted by Gasteiger charge is 2.47. The molecule has 178 valence electrons. The summed E-state index contributed by atoms with van der Waals surface area (Å²) in [4.78, 5) is 33.3. The fraction of sp³-hybridized carbons (Fsp3) is 0.231. The lowest BCUT2D eigenvalue weighted by Crippen LogP contribution is -2.65. The second-order valence-corrected chi connectivity index (χ2v) is 8.96. The van der Waals surface area contributed by atoms with Gasteiger partial charge in [0.1, 0.15) is 5.56 Å². The van der Waals surface area contributed by atoms with Crippen molar-refractivity contribution in [3.05, 3.63) is 89.2 Å². The number of fused-ring (bicyclic) bond motifs is 2. The van der Waals surface area contributed by atoms with Crippen molar-refractivity contribution in [3.8, 4) is 0 Å². The third-order valence-corrected chi connectivity index (χ3v) is 6.83. The molecule has 2 aromatic carbocycles. The zero-order chi connectivity index (χ0) is 24.7. The van der Waals surface area contributed by atoms with Gasteiger partial charge in [0, 0.05) is 23.6 Å². The van der Waals surface area contributed by atoms with Crippen LogP contribution < -0.4 is 16.0 Å². The van der Waals surface area contributed by atoms with Crippen molar-refractivity contribution in [1.29, 1.82) is 0 Å². The molecular weight excluding hydrogens is 444 g/mol. The van der Waals surface area contributed by atoms with Crippen LogP contribution in [0.15, 0.2) is 67.0 Å². The van der Waals surface area contributed by atoms with Crippen molar-refractivity contribution in [2.75, 3.05) is 10.6 Å². The van der Waals surface area contributed by atoms with E-state index in [0.29, 0.717) is 28.9 Å². The first kappa shape index (κ1) is 22.5. The maximum atomic E-state index is 13.9. The summed E-state index contributed by atoms with van der Waals surface area (Å²) >= 11 is 0. The molecule has 0 bridgehead atoms. The largest absolute Gasteiger partial charge is 0.392 e. The molecule has 35 heavy (non-hydrogen) atoms. The molecule has 3 heterocycles. The Kier molecular flexibility index (Phi) is 5.49. The molecule has 0 aliphatic carbocycles. The Morgan fingerprint density at radius 2 is 1.97 bits per heavy atom. The van der Waals surface area contributed by atoms with E-state index in [4.69, 9.17) is 5.73 Å². The third kappa shape index (κ3) is 3.60. The summed E-state index contributed by atoms with van der Waals surface area (Å²) in [5.74, 6) is -0.556. The number of benzene rings is 2. The van der Waals surface area contributed by atoms with Gasteiger partial charge in [0.25, 0.3) is 11.8 Å². The number of amides is 2. The minimum atomic E-state index is -0.819. The van der Waals surface area contributed by atoms with Gasteiger partial charge in [-0.3, -0.25) is 9.59 Å². The van der Waals surface area contributed by atoms with Crippen LogP contribution in [0.4, 0.5) is 11.5 Å². The number of aliphatic hydroxyl groups is 1. The maximum absolute atomic E-state index is 13.9. The molecule has 0 saturated carbocycles. The van der Waals surface area contributed by atoms with Crippen LogP contribution in [0, 0.1) is 0 Å². The van der Waals surface area contributed by atoms with Gasteiger partial charge < -0.3 is 21.1 Å². The fourth-order valence-corrected chi connectivity index (χ4v) is 4.90. The number of nitrogens with two attached hydrogens (primary N) is 1. The first-order chi connectivity index (χ1) is 16.8. The third-order valence-electron chi connectivity index (χ3n) is 6.83. The Balaban J connectivity index is 1.57. The molecule has 4 N–H and O–H groups in total. The van der Waals surface area contributed by atoms with Gasteiger partial charge in [0.15, 0.2) is 11.5 Å². The molecule has 9 heteroatoms. The minimum Gasteiger partial charge on any atom is -0.392 e. The van der Waals surface area contributed by atoms with Crippen LogP contribution in [0.3, 0.4) is 0 Å². The van der Waals surface area contributed by atoms with Gasteiger partial charge in [-0.05, 0) is 49.6 Å². The summed E-state index contributed by atoms with van der Waals surface area (Å²) in [6.07, 6.45) is 3.72. The SMILES string of the molecule is C[C@H](NC(=O)c1c(N)nn2cccnc12)C1(C)Cc2cccc(CO)c2C(=O)N1c1ccccc1. The van der Waals surface area contributed by atoms with Crippen molar-refractivity contribution in [2.24, 2.45) is 0 Å². The Bertz CT molecular complexity index is 1430. The van der Waals surface area contributed by atoms with Crippen molar-refractivity contribution >= 4 is 29.0 Å². The second-order valence-electron chi connectivity index (χ2n) is 8.96. The molecule has 4 aromatic rings. The number of hydrogen-bond acceptors (Lipinski definition) is 6. The number of carbonyl (C=O) groups excluding carboxylic acids is 2. The molecular formula is C26H26N6O3. The van der Waals surface area contributed by atoms with Gasteiger partial charge in [-0.1, -0.05) is 36.4 Å². The second kappa shape index (κ2) is 8.52. The number of nitrogen functional groups attached to an aromatic ring is 1. The molecule has 5 rings (SSSR count). The number of nitrogens with one attached hydrogen (secondary N) is 1. The first-order valence-corrected chi connectivity index (χ1v) is 11.4. The molecule has 0 radical (unpaired) electrons. The summed E-state index contributed by atoms with van der Waals surface area (Å²) in [6.45, 7) is 3.59. The quantitative estimate of drug-likeness (QED) is 0.412. The average Bonchev–Trinajstić information content (AvgIpc) is 3.19. The Hall–Kier alpha value is -4.24. The monoisotopic (exact) mass is 470 g/mol. The van der Waals surface area contributed by atoms with Crippen molar-refractivity contribution in [3.63, 3.8) is 0 Å². The van der Waals surface area contributed by atoms with Crippen molar-refractivity contribution < 1.29 is 14.7 Å². The summed E-state index contributed by atoms with van der Waals surface area (Å²) < 4.78 is 1.46. The number of para-hydroxylation sites is 1. The fourth-order valence-electron chi connectivity index (χ4n) is 4.90. The van der Waals surface area contributed by atoms with Crippen LogP contribution in [0.25, 0.3) is 5.65 Å². The minimum absolute atomic E-state index is 0.0797. The smallest absolute Gasteiger partial charge is 0.259 e. The van der Waals surface area contributed by atoms with Gasteiger partial charge >= 0.3 is 0 Å². The summed E-state index contributed by atoms with van der Waals surface area (Å²) in [7, 11) is 0. The topological polar surface area (TPSA) is 126 Å². The molecule has 9 nitrogen and oxygen atoms in total. The van der Waals surface area contributed by atoms with Gasteiger partial charge in [-0.25, -0.2) is 9.50 Å². The number of hydrogen-bond donors (Lipinski definition) is 3. The van der Waals surface area contributed by atoms with Gasteiger partial charge in [-0.2, -0.15) is 0 Å². The average molecular weight is 471 g/mol. The number of anilines is 2. The molecule has 1 aliphatic rings. The summed E-state index contributed by atoms with van der Waals surface area (Å²) in [5, 5.41) is 17.1. The van der Waals surface area contributed by atoms with E-state index in [1.54, 1.807) is 29.4 Å². The number of nitrogens with zero attached hydrogens (tertiary/aromatic N) is 4. The molecule has 2 amide bonds. The molecule has 0 spiro atoms. The summed E-state index contributed by atoms with van der Waals surface area (Å²) in [5.41, 5.74) is 8.41. The van der Waals surface area contributed by atoms with E-state index in [1.807, 2.05) is 56.3 Å². The highest BCUT2D eigenvalue weighted by Crippen LogP contribution is 2.38. The predicted molar refractivity (Wildman–Crippen MR) is 132 cm³/mol. The zero-order valence-corrected chi connectivity index (χ0v) is 19.5. The Labute approximate surface area is 202 Å². The zero-order valence-electron chi connectivity index (χ0n) is 19.5. The highest BCUT2D eigenvalue weighted by molar-refractivity contribution is 6.11. The first-order valence-electron chi connectivity index (χ1n) is 11.4. The normalized spacial score (nSPS) is 18.4. The number of aromatic nitrogens is 3. The molecule has 1 unspecified atom stereocenters. The van der Waals surface area contributed by atoms with Gasteiger partial charge in [0.2, 0.25) is 0 Å². The van der Waals surface area contributed by atoms with Crippen molar-refractivity contribution in [2.45, 2.75) is 38.5 Å². The lowest BCUT2D eigenvalue weighted by molar-refractivity contribution is 0.0870. The predicted octanol–water partition coefficient (Wildman–Crippen LogP) is 2.58. The standard InChI is InChI=1S/C26H26N6O3/c1-16(29-24(34)21-22(27)30-31-13-7-12-28-23(21)31)26(2)14-17-8-6-9-18(15-33)20(17)25(35)32(26)19-10-4-3-5-11-19/h3-13,16,33H,14-15H2,1-2H3,(H2,27,30)(H,29,34)/t16-,26?/m0/s1. The molecule has 2 atom stereocenters.